The predicted molar refractivity (Wildman–Crippen MR) is 109 cm³/mol. The molecule has 9 nitrogen and oxygen atoms in total. The Labute approximate surface area is 164 Å². The highest BCUT2D eigenvalue weighted by Crippen LogP contribution is 2.23. The quantitative estimate of drug-likeness (QED) is 0.545. The van der Waals surface area contributed by atoms with Gasteiger partial charge in [-0.15, -0.1) is 10.2 Å². The average Bonchev–Trinajstić information content (AvgIpc) is 2.75. The first-order chi connectivity index (χ1) is 13.7. The summed E-state index contributed by atoms with van der Waals surface area (Å²) >= 11 is 0. The summed E-state index contributed by atoms with van der Waals surface area (Å²) in [4.78, 5) is 8.14. The van der Waals surface area contributed by atoms with Gasteiger partial charge in [-0.3, -0.25) is 0 Å². The Balaban J connectivity index is 1.70. The van der Waals surface area contributed by atoms with Gasteiger partial charge in [0.05, 0.1) is 23.8 Å². The lowest BCUT2D eigenvalue weighted by Gasteiger charge is -2.24. The van der Waals surface area contributed by atoms with Crippen LogP contribution in [0.2, 0.25) is 0 Å². The fourth-order valence-electron chi connectivity index (χ4n) is 3.06. The highest BCUT2D eigenvalue weighted by Gasteiger charge is 2.14. The summed E-state index contributed by atoms with van der Waals surface area (Å²) in [6.07, 6.45) is 7.70. The van der Waals surface area contributed by atoms with E-state index in [4.69, 9.17) is 5.26 Å². The van der Waals surface area contributed by atoms with E-state index in [2.05, 4.69) is 48.0 Å². The first-order valence-electron chi connectivity index (χ1n) is 9.40. The topological polar surface area (TPSA) is 123 Å². The molecule has 9 heteroatoms. The monoisotopic (exact) mass is 379 g/mol. The van der Waals surface area contributed by atoms with Crippen LogP contribution in [0.5, 0.6) is 0 Å². The lowest BCUT2D eigenvalue weighted by molar-refractivity contribution is 0.389. The number of hydrogen-bond acceptors (Lipinski definition) is 9. The second kappa shape index (κ2) is 9.62. The number of piperidine rings is 1. The fourth-order valence-corrected chi connectivity index (χ4v) is 3.06. The molecule has 1 saturated heterocycles. The van der Waals surface area contributed by atoms with Crippen LogP contribution in [0.3, 0.4) is 0 Å². The molecule has 4 N–H and O–H groups in total. The highest BCUT2D eigenvalue weighted by molar-refractivity contribution is 5.73. The summed E-state index contributed by atoms with van der Waals surface area (Å²) in [5, 5.41) is 30.4. The molecule has 2 aromatic heterocycles. The summed E-state index contributed by atoms with van der Waals surface area (Å²) in [5.41, 5.74) is 2.47. The van der Waals surface area contributed by atoms with Crippen LogP contribution < -0.4 is 21.3 Å². The van der Waals surface area contributed by atoms with Crippen LogP contribution in [0.4, 0.5) is 17.3 Å². The number of aromatic nitrogens is 4. The van der Waals surface area contributed by atoms with Gasteiger partial charge in [-0.2, -0.15) is 5.26 Å². The van der Waals surface area contributed by atoms with E-state index in [1.807, 2.05) is 12.1 Å². The van der Waals surface area contributed by atoms with Crippen molar-refractivity contribution < 1.29 is 0 Å². The third-order valence-corrected chi connectivity index (χ3v) is 4.62. The van der Waals surface area contributed by atoms with Crippen LogP contribution in [0.15, 0.2) is 25.0 Å². The van der Waals surface area contributed by atoms with Crippen molar-refractivity contribution in [2.45, 2.75) is 31.7 Å². The van der Waals surface area contributed by atoms with E-state index in [0.29, 0.717) is 29.1 Å². The molecule has 0 saturated carbocycles. The van der Waals surface area contributed by atoms with Crippen molar-refractivity contribution in [1.82, 2.24) is 30.8 Å². The van der Waals surface area contributed by atoms with Crippen LogP contribution >= 0.6 is 0 Å². The lowest BCUT2D eigenvalue weighted by atomic mass is 10.0. The van der Waals surface area contributed by atoms with Crippen molar-refractivity contribution >= 4 is 23.0 Å². The number of nitrogens with one attached hydrogen (secondary N) is 4. The Kier molecular flexibility index (Phi) is 6.70. The van der Waals surface area contributed by atoms with Gasteiger partial charge in [0.2, 0.25) is 0 Å². The van der Waals surface area contributed by atoms with Crippen molar-refractivity contribution in [3.8, 4) is 6.07 Å². The van der Waals surface area contributed by atoms with Crippen LogP contribution in [0.25, 0.3) is 5.70 Å². The molecule has 0 spiro atoms. The molecule has 1 atom stereocenters. The molecule has 0 bridgehead atoms. The van der Waals surface area contributed by atoms with E-state index < -0.39 is 0 Å². The van der Waals surface area contributed by atoms with Crippen LogP contribution in [0, 0.1) is 11.3 Å². The maximum absolute atomic E-state index is 8.81. The zero-order chi connectivity index (χ0) is 19.8. The van der Waals surface area contributed by atoms with Crippen LogP contribution in [0.1, 0.15) is 37.1 Å². The van der Waals surface area contributed by atoms with E-state index >= 15 is 0 Å². The number of nitrogens with zero attached hydrogens (tertiary/aromatic N) is 5. The summed E-state index contributed by atoms with van der Waals surface area (Å²) < 4.78 is 0. The second-order valence-corrected chi connectivity index (χ2v) is 6.61. The SMILES string of the molecule is C=C(NC)c1nnc(Nc2cnc(C#N)cn2)cc1NCCC1CCCCN1. The Morgan fingerprint density at radius 2 is 2.18 bits per heavy atom. The van der Waals surface area contributed by atoms with Gasteiger partial charge >= 0.3 is 0 Å². The molecule has 3 rings (SSSR count). The molecule has 3 heterocycles. The van der Waals surface area contributed by atoms with E-state index in [0.717, 1.165) is 25.2 Å². The van der Waals surface area contributed by atoms with E-state index in [-0.39, 0.29) is 5.69 Å². The Bertz CT molecular complexity index is 835. The van der Waals surface area contributed by atoms with Gasteiger partial charge in [0.15, 0.2) is 11.5 Å². The largest absolute Gasteiger partial charge is 0.387 e. The summed E-state index contributed by atoms with van der Waals surface area (Å²) in [6, 6.07) is 4.37. The van der Waals surface area contributed by atoms with Gasteiger partial charge in [-0.1, -0.05) is 13.0 Å². The van der Waals surface area contributed by atoms with E-state index in [1.165, 1.54) is 31.7 Å². The Morgan fingerprint density at radius 1 is 1.29 bits per heavy atom. The average molecular weight is 379 g/mol. The molecule has 146 valence electrons. The normalized spacial score (nSPS) is 16.1. The van der Waals surface area contributed by atoms with Gasteiger partial charge in [0.25, 0.3) is 0 Å². The van der Waals surface area contributed by atoms with Gasteiger partial charge in [0.1, 0.15) is 17.6 Å². The number of rotatable bonds is 8. The van der Waals surface area contributed by atoms with Crippen molar-refractivity contribution in [3.05, 3.63) is 36.4 Å². The zero-order valence-corrected chi connectivity index (χ0v) is 16.0. The molecular weight excluding hydrogens is 354 g/mol. The molecule has 1 aliphatic heterocycles. The van der Waals surface area contributed by atoms with Crippen molar-refractivity contribution in [1.29, 1.82) is 5.26 Å². The lowest BCUT2D eigenvalue weighted by Crippen LogP contribution is -2.35. The summed E-state index contributed by atoms with van der Waals surface area (Å²) in [5.74, 6) is 1.02. The minimum Gasteiger partial charge on any atom is -0.387 e. The maximum atomic E-state index is 8.81. The molecule has 0 amide bonds. The third-order valence-electron chi connectivity index (χ3n) is 4.62. The molecule has 0 radical (unpaired) electrons. The van der Waals surface area contributed by atoms with Crippen molar-refractivity contribution in [2.24, 2.45) is 0 Å². The van der Waals surface area contributed by atoms with Crippen molar-refractivity contribution in [2.75, 3.05) is 30.8 Å². The minimum absolute atomic E-state index is 0.260. The second-order valence-electron chi connectivity index (χ2n) is 6.61. The fraction of sp³-hybridized carbons (Fsp3) is 0.421. The molecular formula is C19H25N9. The summed E-state index contributed by atoms with van der Waals surface area (Å²) in [7, 11) is 1.80. The number of hydrogen-bond donors (Lipinski definition) is 4. The van der Waals surface area contributed by atoms with Crippen molar-refractivity contribution in [3.63, 3.8) is 0 Å². The van der Waals surface area contributed by atoms with E-state index in [1.54, 1.807) is 7.05 Å². The summed E-state index contributed by atoms with van der Waals surface area (Å²) in [6.45, 7) is 5.92. The Hall–Kier alpha value is -3.25. The van der Waals surface area contributed by atoms with Gasteiger partial charge in [-0.25, -0.2) is 9.97 Å². The molecule has 1 unspecified atom stereocenters. The first kappa shape index (κ1) is 19.5. The maximum Gasteiger partial charge on any atom is 0.158 e. The third kappa shape index (κ3) is 5.14. The van der Waals surface area contributed by atoms with Gasteiger partial charge in [-0.05, 0) is 25.8 Å². The molecule has 1 fully saturated rings. The number of anilines is 3. The molecule has 28 heavy (non-hydrogen) atoms. The highest BCUT2D eigenvalue weighted by atomic mass is 15.2. The smallest absolute Gasteiger partial charge is 0.158 e. The van der Waals surface area contributed by atoms with E-state index in [9.17, 15) is 0 Å². The molecule has 2 aromatic rings. The minimum atomic E-state index is 0.260. The van der Waals surface area contributed by atoms with Crippen LogP contribution in [-0.4, -0.2) is 46.3 Å². The molecule has 0 aromatic carbocycles. The van der Waals surface area contributed by atoms with Crippen LogP contribution in [-0.2, 0) is 0 Å². The van der Waals surface area contributed by atoms with Gasteiger partial charge in [0, 0.05) is 25.7 Å². The van der Waals surface area contributed by atoms with Gasteiger partial charge < -0.3 is 21.3 Å². The zero-order valence-electron chi connectivity index (χ0n) is 16.0. The standard InChI is InChI=1S/C19H25N9/c1-13(21-2)19-16(23-8-6-14-5-3-4-7-22-14)9-17(27-28-19)26-18-12-24-15(10-20)11-25-18/h9,11-12,14,21-22H,1,3-8H2,2H3,(H2,23,25,26,27). The Morgan fingerprint density at radius 3 is 2.86 bits per heavy atom. The number of nitriles is 1. The molecule has 1 aliphatic rings. The first-order valence-corrected chi connectivity index (χ1v) is 9.40. The molecule has 0 aliphatic carbocycles. The predicted octanol–water partition coefficient (Wildman–Crippen LogP) is 2.02.